The Kier molecular flexibility index (Phi) is 6.70. The van der Waals surface area contributed by atoms with Crippen molar-refractivity contribution in [3.63, 3.8) is 0 Å². The van der Waals surface area contributed by atoms with E-state index in [-0.39, 0.29) is 18.8 Å². The van der Waals surface area contributed by atoms with Crippen molar-refractivity contribution < 1.29 is 19.4 Å². The summed E-state index contributed by atoms with van der Waals surface area (Å²) in [5.41, 5.74) is 0. The van der Waals surface area contributed by atoms with Crippen molar-refractivity contribution in [1.29, 1.82) is 0 Å². The minimum absolute atomic E-state index is 0.112. The Balaban J connectivity index is 1.89. The van der Waals surface area contributed by atoms with Gasteiger partial charge in [0.2, 0.25) is 6.29 Å². The summed E-state index contributed by atoms with van der Waals surface area (Å²) in [5, 5.41) is 11.8. The van der Waals surface area contributed by atoms with E-state index in [1.807, 2.05) is 6.08 Å². The zero-order chi connectivity index (χ0) is 15.9. The molecule has 0 unspecified atom stereocenters. The summed E-state index contributed by atoms with van der Waals surface area (Å²) in [5.74, 6) is 1.03. The molecule has 126 valence electrons. The Bertz CT molecular complexity index is 390. The van der Waals surface area contributed by atoms with Crippen LogP contribution in [0, 0.1) is 11.8 Å². The Morgan fingerprint density at radius 2 is 2.23 bits per heavy atom. The van der Waals surface area contributed by atoms with Crippen LogP contribution in [0.3, 0.4) is 0 Å². The van der Waals surface area contributed by atoms with Gasteiger partial charge in [0.15, 0.2) is 5.76 Å². The van der Waals surface area contributed by atoms with Gasteiger partial charge in [0.05, 0.1) is 6.61 Å². The van der Waals surface area contributed by atoms with Crippen molar-refractivity contribution in [2.45, 2.75) is 64.7 Å². The van der Waals surface area contributed by atoms with Gasteiger partial charge in [0.1, 0.15) is 0 Å². The molecule has 0 spiro atoms. The molecule has 0 bridgehead atoms. The fraction of sp³-hybridized carbons (Fsp3) is 0.824. The highest BCUT2D eigenvalue weighted by molar-refractivity contribution is 5.91. The predicted octanol–water partition coefficient (Wildman–Crippen LogP) is 2.35. The van der Waals surface area contributed by atoms with Crippen LogP contribution in [0.2, 0.25) is 0 Å². The molecule has 2 N–H and O–H groups in total. The molecule has 1 aliphatic heterocycles. The van der Waals surface area contributed by atoms with Gasteiger partial charge in [-0.1, -0.05) is 13.8 Å². The van der Waals surface area contributed by atoms with Crippen LogP contribution in [0.25, 0.3) is 0 Å². The van der Waals surface area contributed by atoms with Gasteiger partial charge in [-0.3, -0.25) is 4.79 Å². The highest BCUT2D eigenvalue weighted by Gasteiger charge is 2.30. The van der Waals surface area contributed by atoms with Crippen LogP contribution >= 0.6 is 0 Å². The third kappa shape index (κ3) is 4.99. The largest absolute Gasteiger partial charge is 0.459 e. The molecule has 1 amide bonds. The number of aliphatic hydroxyl groups is 1. The summed E-state index contributed by atoms with van der Waals surface area (Å²) >= 11 is 0. The molecule has 5 nitrogen and oxygen atoms in total. The lowest BCUT2D eigenvalue weighted by atomic mass is 9.89. The van der Waals surface area contributed by atoms with Crippen LogP contribution in [0.1, 0.15) is 52.4 Å². The van der Waals surface area contributed by atoms with Gasteiger partial charge < -0.3 is 19.9 Å². The summed E-state index contributed by atoms with van der Waals surface area (Å²) in [6.45, 7) is 5.03. The number of carbonyl (C=O) groups is 1. The number of aliphatic hydroxyl groups excluding tert-OH is 1. The van der Waals surface area contributed by atoms with Gasteiger partial charge in [-0.2, -0.15) is 0 Å². The average Bonchev–Trinajstić information content (AvgIpc) is 2.47. The number of hydrogen-bond donors (Lipinski definition) is 2. The first-order valence-corrected chi connectivity index (χ1v) is 8.52. The highest BCUT2D eigenvalue weighted by atomic mass is 16.7. The van der Waals surface area contributed by atoms with E-state index >= 15 is 0 Å². The number of ether oxygens (including phenoxy) is 2. The molecule has 0 aromatic heterocycles. The van der Waals surface area contributed by atoms with Gasteiger partial charge in [-0.05, 0) is 50.0 Å². The average molecular weight is 311 g/mol. The Morgan fingerprint density at radius 1 is 1.45 bits per heavy atom. The molecule has 1 saturated carbocycles. The second-order valence-corrected chi connectivity index (χ2v) is 6.62. The fourth-order valence-electron chi connectivity index (χ4n) is 2.65. The summed E-state index contributed by atoms with van der Waals surface area (Å²) in [7, 11) is 0. The van der Waals surface area contributed by atoms with E-state index < -0.39 is 0 Å². The number of unbranched alkanes of at least 4 members (excludes halogenated alkanes) is 1. The van der Waals surface area contributed by atoms with E-state index in [4.69, 9.17) is 14.6 Å². The smallest absolute Gasteiger partial charge is 0.286 e. The van der Waals surface area contributed by atoms with E-state index in [1.54, 1.807) is 0 Å². The molecule has 5 heteroatoms. The lowest BCUT2D eigenvalue weighted by Crippen LogP contribution is -2.42. The van der Waals surface area contributed by atoms with Gasteiger partial charge in [0.25, 0.3) is 5.91 Å². The van der Waals surface area contributed by atoms with Crippen LogP contribution in [-0.2, 0) is 14.3 Å². The number of hydrogen-bond acceptors (Lipinski definition) is 4. The normalized spacial score (nSPS) is 25.4. The van der Waals surface area contributed by atoms with Crippen molar-refractivity contribution in [3.05, 3.63) is 11.8 Å². The number of carbonyl (C=O) groups excluding carboxylic acids is 1. The van der Waals surface area contributed by atoms with Crippen molar-refractivity contribution >= 4 is 5.91 Å². The molecule has 0 saturated heterocycles. The van der Waals surface area contributed by atoms with Gasteiger partial charge in [0, 0.05) is 19.1 Å². The van der Waals surface area contributed by atoms with E-state index in [9.17, 15) is 4.79 Å². The van der Waals surface area contributed by atoms with Gasteiger partial charge in [-0.15, -0.1) is 0 Å². The Labute approximate surface area is 133 Å². The number of nitrogens with one attached hydrogen (secondary N) is 1. The van der Waals surface area contributed by atoms with Crippen LogP contribution in [0.4, 0.5) is 0 Å². The molecule has 0 aromatic carbocycles. The molecule has 2 atom stereocenters. The molecule has 2 aliphatic rings. The summed E-state index contributed by atoms with van der Waals surface area (Å²) in [6, 6.07) is 0.306. The zero-order valence-corrected chi connectivity index (χ0v) is 13.7. The van der Waals surface area contributed by atoms with Crippen molar-refractivity contribution in [2.75, 3.05) is 13.2 Å². The Hall–Kier alpha value is -1.07. The minimum Gasteiger partial charge on any atom is -0.459 e. The third-order valence-electron chi connectivity index (χ3n) is 4.47. The van der Waals surface area contributed by atoms with Crippen molar-refractivity contribution in [2.24, 2.45) is 11.8 Å². The predicted molar refractivity (Wildman–Crippen MR) is 84.0 cm³/mol. The molecular weight excluding hydrogens is 282 g/mol. The lowest BCUT2D eigenvalue weighted by Gasteiger charge is -2.32. The second-order valence-electron chi connectivity index (χ2n) is 6.62. The van der Waals surface area contributed by atoms with Crippen molar-refractivity contribution in [3.8, 4) is 0 Å². The first-order chi connectivity index (χ1) is 10.6. The van der Waals surface area contributed by atoms with Crippen LogP contribution < -0.4 is 5.32 Å². The first kappa shape index (κ1) is 17.3. The first-order valence-electron chi connectivity index (χ1n) is 8.52. The summed E-state index contributed by atoms with van der Waals surface area (Å²) in [4.78, 5) is 12.3. The molecule has 1 heterocycles. The number of amides is 1. The monoisotopic (exact) mass is 311 g/mol. The molecule has 0 aromatic rings. The van der Waals surface area contributed by atoms with Crippen molar-refractivity contribution in [1.82, 2.24) is 5.32 Å². The summed E-state index contributed by atoms with van der Waals surface area (Å²) in [6.07, 6.45) is 7.21. The highest BCUT2D eigenvalue weighted by Crippen LogP contribution is 2.29. The topological polar surface area (TPSA) is 67.8 Å². The Morgan fingerprint density at radius 3 is 2.82 bits per heavy atom. The quantitative estimate of drug-likeness (QED) is 0.675. The molecule has 22 heavy (non-hydrogen) atoms. The van der Waals surface area contributed by atoms with E-state index in [2.05, 4.69) is 19.2 Å². The maximum Gasteiger partial charge on any atom is 0.286 e. The van der Waals surface area contributed by atoms with Crippen LogP contribution in [0.15, 0.2) is 11.8 Å². The van der Waals surface area contributed by atoms with Gasteiger partial charge >= 0.3 is 0 Å². The SMILES string of the molecule is CC(C)[C@@H]1C=C(C(=O)NC2CCC2)O[C@H](OCCCCO)C1. The second kappa shape index (κ2) is 8.53. The van der Waals surface area contributed by atoms with E-state index in [0.29, 0.717) is 30.2 Å². The maximum absolute atomic E-state index is 12.3. The standard InChI is InChI=1S/C17H29NO4/c1-12(2)13-10-15(17(20)18-14-6-5-7-14)22-16(11-13)21-9-4-3-8-19/h10,12-14,16,19H,3-9,11H2,1-2H3,(H,18,20)/t13-,16+/m1/s1. The summed E-state index contributed by atoms with van der Waals surface area (Å²) < 4.78 is 11.5. The number of rotatable bonds is 8. The number of allylic oxidation sites excluding steroid dienone is 1. The van der Waals surface area contributed by atoms with E-state index in [1.165, 1.54) is 6.42 Å². The molecule has 1 aliphatic carbocycles. The molecule has 2 rings (SSSR count). The molecular formula is C17H29NO4. The third-order valence-corrected chi connectivity index (χ3v) is 4.47. The van der Waals surface area contributed by atoms with E-state index in [0.717, 1.165) is 32.1 Å². The lowest BCUT2D eigenvalue weighted by molar-refractivity contribution is -0.151. The van der Waals surface area contributed by atoms with Crippen LogP contribution in [-0.4, -0.2) is 36.6 Å². The fourth-order valence-corrected chi connectivity index (χ4v) is 2.65. The maximum atomic E-state index is 12.3. The minimum atomic E-state index is -0.363. The van der Waals surface area contributed by atoms with Crippen LogP contribution in [0.5, 0.6) is 0 Å². The molecule has 0 radical (unpaired) electrons. The molecule has 1 fully saturated rings. The zero-order valence-electron chi connectivity index (χ0n) is 13.7. The van der Waals surface area contributed by atoms with Gasteiger partial charge in [-0.25, -0.2) is 0 Å².